The number of pyridine rings is 4. The van der Waals surface area contributed by atoms with Gasteiger partial charge in [-0.1, -0.05) is 139 Å². The molecule has 4 heteroatoms. The van der Waals surface area contributed by atoms with Crippen LogP contribution in [0, 0.1) is 0 Å². The molecular formula is C50H46N4. The topological polar surface area (TPSA) is 51.6 Å². The molecule has 4 nitrogen and oxygen atoms in total. The predicted molar refractivity (Wildman–Crippen MR) is 222 cm³/mol. The maximum Gasteiger partial charge on any atom is 0.0928 e. The van der Waals surface area contributed by atoms with Crippen LogP contribution >= 0.6 is 0 Å². The van der Waals surface area contributed by atoms with Gasteiger partial charge in [0.2, 0.25) is 0 Å². The van der Waals surface area contributed by atoms with Crippen molar-refractivity contribution in [2.24, 2.45) is 0 Å². The van der Waals surface area contributed by atoms with Crippen LogP contribution in [0.1, 0.15) is 75.2 Å². The van der Waals surface area contributed by atoms with E-state index in [0.717, 1.165) is 82.4 Å². The van der Waals surface area contributed by atoms with E-state index in [1.807, 2.05) is 0 Å². The Morgan fingerprint density at radius 3 is 0.852 bits per heavy atom. The molecule has 9 rings (SSSR count). The van der Waals surface area contributed by atoms with E-state index in [1.165, 1.54) is 44.5 Å². The first-order valence-electron chi connectivity index (χ1n) is 19.3. The second-order valence-corrected chi connectivity index (χ2v) is 17.0. The van der Waals surface area contributed by atoms with Crippen LogP contribution in [0.4, 0.5) is 0 Å². The van der Waals surface area contributed by atoms with Gasteiger partial charge >= 0.3 is 0 Å². The fraction of sp³-hybridized carbons (Fsp3) is 0.240. The van der Waals surface area contributed by atoms with Gasteiger partial charge in [-0.3, -0.25) is 9.97 Å². The summed E-state index contributed by atoms with van der Waals surface area (Å²) in [5.74, 6) is 0. The van der Waals surface area contributed by atoms with E-state index >= 15 is 0 Å². The van der Waals surface area contributed by atoms with Crippen molar-refractivity contribution in [1.82, 2.24) is 19.9 Å². The van der Waals surface area contributed by atoms with E-state index in [4.69, 9.17) is 19.9 Å². The van der Waals surface area contributed by atoms with E-state index in [0.29, 0.717) is 0 Å². The van der Waals surface area contributed by atoms with Crippen LogP contribution in [0.3, 0.4) is 0 Å². The molecule has 2 aliphatic carbocycles. The summed E-state index contributed by atoms with van der Waals surface area (Å²) in [5, 5.41) is 0. The quantitative estimate of drug-likeness (QED) is 0.183. The molecule has 0 N–H and O–H groups in total. The monoisotopic (exact) mass is 702 g/mol. The summed E-state index contributed by atoms with van der Waals surface area (Å²) in [4.78, 5) is 20.6. The van der Waals surface area contributed by atoms with Gasteiger partial charge in [0, 0.05) is 33.3 Å². The highest BCUT2D eigenvalue weighted by Crippen LogP contribution is 2.37. The summed E-state index contributed by atoms with van der Waals surface area (Å²) in [6.07, 6.45) is 4.03. The normalized spacial score (nSPS) is 13.4. The highest BCUT2D eigenvalue weighted by atomic mass is 14.8. The number of hydrogen-bond donors (Lipinski definition) is 0. The number of aryl methyl sites for hydroxylation is 4. The van der Waals surface area contributed by atoms with Crippen LogP contribution in [-0.2, 0) is 36.5 Å². The van der Waals surface area contributed by atoms with Gasteiger partial charge in [-0.15, -0.1) is 0 Å². The number of fused-ring (bicyclic) bond motifs is 6. The standard InChI is InChI=1S/C50H46N4/c1-49(2,3)43-29-25-39-21-19-37-23-27-41(51-45(37)47(39)53-43)35-15-11-33(12-16-35)31-7-9-32(10-8-31)34-13-17-36(18-14-34)42-28-24-38-20-22-40-26-30-44(50(4,5)6)54-48(40)46(38)52-42/h7-18,23-30H,19-22H2,1-6H3. The summed E-state index contributed by atoms with van der Waals surface area (Å²) >= 11 is 0. The van der Waals surface area contributed by atoms with Gasteiger partial charge in [0.25, 0.3) is 0 Å². The van der Waals surface area contributed by atoms with Crippen molar-refractivity contribution in [2.75, 3.05) is 0 Å². The highest BCUT2D eigenvalue weighted by molar-refractivity contribution is 5.76. The van der Waals surface area contributed by atoms with Crippen molar-refractivity contribution in [3.05, 3.63) is 155 Å². The third-order valence-electron chi connectivity index (χ3n) is 11.1. The summed E-state index contributed by atoms with van der Waals surface area (Å²) in [6, 6.07) is 44.1. The van der Waals surface area contributed by atoms with E-state index < -0.39 is 0 Å². The maximum atomic E-state index is 5.19. The molecule has 54 heavy (non-hydrogen) atoms. The number of benzene rings is 3. The summed E-state index contributed by atoms with van der Waals surface area (Å²) in [7, 11) is 0. The first-order chi connectivity index (χ1) is 26.0. The molecule has 2 aliphatic rings. The summed E-state index contributed by atoms with van der Waals surface area (Å²) < 4.78 is 0. The summed E-state index contributed by atoms with van der Waals surface area (Å²) in [6.45, 7) is 13.3. The molecule has 0 aliphatic heterocycles. The molecular weight excluding hydrogens is 657 g/mol. The largest absolute Gasteiger partial charge is 0.250 e. The zero-order chi connectivity index (χ0) is 37.2. The Balaban J connectivity index is 0.927. The van der Waals surface area contributed by atoms with Gasteiger partial charge in [0.05, 0.1) is 34.2 Å². The second-order valence-electron chi connectivity index (χ2n) is 17.0. The number of hydrogen-bond acceptors (Lipinski definition) is 4. The third kappa shape index (κ3) is 6.34. The molecule has 0 atom stereocenters. The highest BCUT2D eigenvalue weighted by Gasteiger charge is 2.25. The van der Waals surface area contributed by atoms with E-state index in [9.17, 15) is 0 Å². The van der Waals surface area contributed by atoms with Crippen molar-refractivity contribution in [2.45, 2.75) is 78.1 Å². The Labute approximate surface area is 319 Å². The van der Waals surface area contributed by atoms with Crippen LogP contribution in [0.25, 0.3) is 67.5 Å². The molecule has 0 bridgehead atoms. The first-order valence-corrected chi connectivity index (χ1v) is 19.3. The minimum Gasteiger partial charge on any atom is -0.250 e. The average Bonchev–Trinajstić information content (AvgIpc) is 3.19. The minimum absolute atomic E-state index is 0.00716. The van der Waals surface area contributed by atoms with E-state index in [2.05, 4.69) is 163 Å². The molecule has 266 valence electrons. The van der Waals surface area contributed by atoms with Gasteiger partial charge in [-0.05, 0) is 94.5 Å². The van der Waals surface area contributed by atoms with Crippen molar-refractivity contribution >= 4 is 0 Å². The molecule has 0 amide bonds. The molecule has 0 fully saturated rings. The lowest BCUT2D eigenvalue weighted by Gasteiger charge is -2.23. The second kappa shape index (κ2) is 13.0. The fourth-order valence-corrected chi connectivity index (χ4v) is 7.80. The Morgan fingerprint density at radius 1 is 0.296 bits per heavy atom. The van der Waals surface area contributed by atoms with Crippen LogP contribution in [-0.4, -0.2) is 19.9 Å². The van der Waals surface area contributed by atoms with Gasteiger partial charge in [0.15, 0.2) is 0 Å². The predicted octanol–water partition coefficient (Wildman–Crippen LogP) is 12.1. The van der Waals surface area contributed by atoms with Crippen LogP contribution < -0.4 is 0 Å². The Bertz CT molecular complexity index is 2350. The van der Waals surface area contributed by atoms with Gasteiger partial charge in [0.1, 0.15) is 0 Å². The van der Waals surface area contributed by atoms with Crippen LogP contribution in [0.5, 0.6) is 0 Å². The number of aromatic nitrogens is 4. The van der Waals surface area contributed by atoms with Crippen LogP contribution in [0.2, 0.25) is 0 Å². The molecule has 3 aromatic carbocycles. The average molecular weight is 703 g/mol. The molecule has 7 aromatic rings. The molecule has 0 unspecified atom stereocenters. The molecule has 0 saturated carbocycles. The molecule has 4 aromatic heterocycles. The lowest BCUT2D eigenvalue weighted by atomic mass is 9.87. The van der Waals surface area contributed by atoms with Gasteiger partial charge < -0.3 is 0 Å². The smallest absolute Gasteiger partial charge is 0.0928 e. The van der Waals surface area contributed by atoms with Gasteiger partial charge in [-0.25, -0.2) is 9.97 Å². The third-order valence-corrected chi connectivity index (χ3v) is 11.1. The fourth-order valence-electron chi connectivity index (χ4n) is 7.80. The Morgan fingerprint density at radius 2 is 0.556 bits per heavy atom. The first kappa shape index (κ1) is 34.1. The van der Waals surface area contributed by atoms with Crippen LogP contribution in [0.15, 0.2) is 121 Å². The molecule has 0 spiro atoms. The van der Waals surface area contributed by atoms with Gasteiger partial charge in [-0.2, -0.15) is 0 Å². The number of rotatable bonds is 4. The molecule has 0 saturated heterocycles. The zero-order valence-corrected chi connectivity index (χ0v) is 32.2. The lowest BCUT2D eigenvalue weighted by Crippen LogP contribution is -2.16. The molecule has 4 heterocycles. The van der Waals surface area contributed by atoms with E-state index in [1.54, 1.807) is 0 Å². The Kier molecular flexibility index (Phi) is 8.19. The zero-order valence-electron chi connectivity index (χ0n) is 32.2. The molecule has 0 radical (unpaired) electrons. The van der Waals surface area contributed by atoms with E-state index in [-0.39, 0.29) is 10.8 Å². The lowest BCUT2D eigenvalue weighted by molar-refractivity contribution is 0.568. The minimum atomic E-state index is -0.00716. The SMILES string of the molecule is CC(C)(C)c1ccc2c(n1)-c1nc(-c3ccc(-c4ccc(-c5ccc(-c6ccc7c(n6)-c6nc(C(C)(C)C)ccc6CC7)cc5)cc4)cc3)ccc1CC2. The van der Waals surface area contributed by atoms with Crippen molar-refractivity contribution < 1.29 is 0 Å². The van der Waals surface area contributed by atoms with Crippen molar-refractivity contribution in [3.8, 4) is 67.5 Å². The Hall–Kier alpha value is -5.74. The maximum absolute atomic E-state index is 5.19. The van der Waals surface area contributed by atoms with Crippen molar-refractivity contribution in [3.63, 3.8) is 0 Å². The summed E-state index contributed by atoms with van der Waals surface area (Å²) in [5.41, 5.74) is 20.4. The number of nitrogens with zero attached hydrogens (tertiary/aromatic N) is 4. The van der Waals surface area contributed by atoms with Crippen molar-refractivity contribution in [1.29, 1.82) is 0 Å².